The number of ether oxygens (including phenoxy) is 3. The van der Waals surface area contributed by atoms with Crippen LogP contribution in [0.25, 0.3) is 0 Å². The first-order valence-corrected chi connectivity index (χ1v) is 9.25. The summed E-state index contributed by atoms with van der Waals surface area (Å²) in [4.78, 5) is 27.1. The van der Waals surface area contributed by atoms with Gasteiger partial charge in [-0.3, -0.25) is 10.1 Å². The van der Waals surface area contributed by atoms with Crippen LogP contribution in [0.5, 0.6) is 11.8 Å². The summed E-state index contributed by atoms with van der Waals surface area (Å²) in [7, 11) is 1.69. The van der Waals surface area contributed by atoms with E-state index in [1.165, 1.54) is 6.20 Å². The SMILES string of the molecule is COC12CC(C(=O)Nc3cnc(Oc4cnc(N5CCOCC5)nc4)o3)(C1)C2. The van der Waals surface area contributed by atoms with Gasteiger partial charge in [-0.1, -0.05) is 0 Å². The third kappa shape index (κ3) is 2.89. The second-order valence-electron chi connectivity index (χ2n) is 7.56. The number of hydrogen-bond acceptors (Lipinski definition) is 9. The van der Waals surface area contributed by atoms with Crippen LogP contribution in [-0.2, 0) is 14.3 Å². The Morgan fingerprint density at radius 2 is 1.86 bits per heavy atom. The molecular weight excluding hydrogens is 366 g/mol. The van der Waals surface area contributed by atoms with Crippen molar-refractivity contribution < 1.29 is 23.4 Å². The lowest BCUT2D eigenvalue weighted by Crippen LogP contribution is -2.72. The number of hydrogen-bond donors (Lipinski definition) is 1. The molecule has 2 aromatic rings. The zero-order chi connectivity index (χ0) is 19.2. The van der Waals surface area contributed by atoms with Crippen LogP contribution in [0.3, 0.4) is 0 Å². The first-order chi connectivity index (χ1) is 13.6. The standard InChI is InChI=1S/C18H21N5O5/c1-25-18-9-17(10-18,11-18)14(24)22-13-8-21-16(28-13)27-12-6-19-15(20-7-12)23-2-4-26-5-3-23/h6-8H,2-5,9-11H2,1H3,(H,22,24). The van der Waals surface area contributed by atoms with Gasteiger partial charge in [-0.25, -0.2) is 9.97 Å². The summed E-state index contributed by atoms with van der Waals surface area (Å²) in [5.41, 5.74) is -0.409. The number of oxazole rings is 1. The Morgan fingerprint density at radius 1 is 1.14 bits per heavy atom. The van der Waals surface area contributed by atoms with Crippen molar-refractivity contribution in [3.63, 3.8) is 0 Å². The van der Waals surface area contributed by atoms with Gasteiger partial charge >= 0.3 is 6.08 Å². The minimum absolute atomic E-state index is 0.0176. The van der Waals surface area contributed by atoms with Gasteiger partial charge in [0.05, 0.1) is 42.8 Å². The summed E-state index contributed by atoms with van der Waals surface area (Å²) in [6.07, 6.45) is 6.84. The molecule has 0 radical (unpaired) electrons. The molecular formula is C18H21N5O5. The summed E-state index contributed by atoms with van der Waals surface area (Å²) < 4.78 is 21.7. The Hall–Kier alpha value is -2.72. The van der Waals surface area contributed by atoms with Crippen LogP contribution >= 0.6 is 0 Å². The molecule has 10 heteroatoms. The molecule has 3 aliphatic carbocycles. The lowest BCUT2D eigenvalue weighted by atomic mass is 9.41. The van der Waals surface area contributed by atoms with Crippen molar-refractivity contribution in [3.05, 3.63) is 18.6 Å². The van der Waals surface area contributed by atoms with E-state index in [0.717, 1.165) is 32.4 Å². The molecule has 3 saturated carbocycles. The monoisotopic (exact) mass is 387 g/mol. The fraction of sp³-hybridized carbons (Fsp3) is 0.556. The Kier molecular flexibility index (Phi) is 3.98. The molecule has 0 unspecified atom stereocenters. The van der Waals surface area contributed by atoms with Gasteiger partial charge < -0.3 is 23.5 Å². The zero-order valence-electron chi connectivity index (χ0n) is 15.5. The van der Waals surface area contributed by atoms with Crippen molar-refractivity contribution >= 4 is 17.7 Å². The Bertz CT molecular complexity index is 857. The summed E-state index contributed by atoms with van der Waals surface area (Å²) in [6.45, 7) is 2.85. The summed E-state index contributed by atoms with van der Waals surface area (Å²) >= 11 is 0. The van der Waals surface area contributed by atoms with Gasteiger partial charge in [0.1, 0.15) is 0 Å². The predicted octanol–water partition coefficient (Wildman–Crippen LogP) is 1.60. The van der Waals surface area contributed by atoms with E-state index in [1.807, 2.05) is 4.90 Å². The molecule has 4 aliphatic rings. The molecule has 1 N–H and O–H groups in total. The number of carbonyl (C=O) groups is 1. The highest BCUT2D eigenvalue weighted by atomic mass is 16.6. The molecule has 28 heavy (non-hydrogen) atoms. The number of nitrogens with one attached hydrogen (secondary N) is 1. The highest BCUT2D eigenvalue weighted by Gasteiger charge is 2.72. The van der Waals surface area contributed by atoms with Gasteiger partial charge in [-0.15, -0.1) is 0 Å². The summed E-state index contributed by atoms with van der Waals surface area (Å²) in [5.74, 6) is 1.22. The number of anilines is 2. The minimum Gasteiger partial charge on any atom is -0.408 e. The Morgan fingerprint density at radius 3 is 2.54 bits per heavy atom. The molecule has 2 bridgehead atoms. The first kappa shape index (κ1) is 17.4. The predicted molar refractivity (Wildman–Crippen MR) is 96.3 cm³/mol. The van der Waals surface area contributed by atoms with E-state index in [9.17, 15) is 4.79 Å². The van der Waals surface area contributed by atoms with Gasteiger partial charge in [0, 0.05) is 20.2 Å². The number of rotatable bonds is 6. The molecule has 1 amide bonds. The van der Waals surface area contributed by atoms with Crippen LogP contribution in [0, 0.1) is 5.41 Å². The molecule has 0 aromatic carbocycles. The lowest BCUT2D eigenvalue weighted by Gasteiger charge is -2.67. The highest BCUT2D eigenvalue weighted by Crippen LogP contribution is 2.69. The molecule has 6 rings (SSSR count). The molecule has 1 aliphatic heterocycles. The second kappa shape index (κ2) is 6.42. The van der Waals surface area contributed by atoms with Gasteiger partial charge in [0.2, 0.25) is 17.7 Å². The van der Waals surface area contributed by atoms with Crippen molar-refractivity contribution in [2.45, 2.75) is 24.9 Å². The number of methoxy groups -OCH3 is 1. The van der Waals surface area contributed by atoms with Crippen molar-refractivity contribution in [3.8, 4) is 11.8 Å². The lowest BCUT2D eigenvalue weighted by molar-refractivity contribution is -0.260. The molecule has 0 atom stereocenters. The quantitative estimate of drug-likeness (QED) is 0.790. The van der Waals surface area contributed by atoms with E-state index in [2.05, 4.69) is 20.3 Å². The fourth-order valence-corrected chi connectivity index (χ4v) is 4.15. The summed E-state index contributed by atoms with van der Waals surface area (Å²) in [6, 6.07) is 0. The second-order valence-corrected chi connectivity index (χ2v) is 7.56. The van der Waals surface area contributed by atoms with Crippen LogP contribution in [0.4, 0.5) is 11.8 Å². The number of nitrogens with zero attached hydrogens (tertiary/aromatic N) is 4. The number of morpholine rings is 1. The molecule has 2 aromatic heterocycles. The van der Waals surface area contributed by atoms with Gasteiger partial charge in [-0.2, -0.15) is 4.98 Å². The topological polar surface area (TPSA) is 112 Å². The van der Waals surface area contributed by atoms with E-state index < -0.39 is 0 Å². The van der Waals surface area contributed by atoms with Gasteiger partial charge in [0.15, 0.2) is 5.75 Å². The third-order valence-corrected chi connectivity index (χ3v) is 5.73. The molecule has 148 valence electrons. The molecule has 4 fully saturated rings. The van der Waals surface area contributed by atoms with Crippen LogP contribution < -0.4 is 15.0 Å². The van der Waals surface area contributed by atoms with E-state index in [1.54, 1.807) is 19.5 Å². The largest absolute Gasteiger partial charge is 0.408 e. The zero-order valence-corrected chi connectivity index (χ0v) is 15.5. The molecule has 1 saturated heterocycles. The van der Waals surface area contributed by atoms with Crippen LogP contribution in [-0.4, -0.2) is 59.9 Å². The van der Waals surface area contributed by atoms with E-state index >= 15 is 0 Å². The van der Waals surface area contributed by atoms with Crippen molar-refractivity contribution in [2.75, 3.05) is 43.6 Å². The third-order valence-electron chi connectivity index (χ3n) is 5.73. The maximum atomic E-state index is 12.4. The van der Waals surface area contributed by atoms with Crippen molar-refractivity contribution in [2.24, 2.45) is 5.41 Å². The van der Waals surface area contributed by atoms with Gasteiger partial charge in [0.25, 0.3) is 0 Å². The van der Waals surface area contributed by atoms with Crippen LogP contribution in [0.15, 0.2) is 23.0 Å². The van der Waals surface area contributed by atoms with Crippen molar-refractivity contribution in [1.29, 1.82) is 0 Å². The maximum Gasteiger partial charge on any atom is 0.401 e. The normalized spacial score (nSPS) is 28.2. The average molecular weight is 387 g/mol. The van der Waals surface area contributed by atoms with E-state index in [-0.39, 0.29) is 28.9 Å². The van der Waals surface area contributed by atoms with Crippen molar-refractivity contribution in [1.82, 2.24) is 15.0 Å². The Balaban J connectivity index is 1.17. The maximum absolute atomic E-state index is 12.4. The first-order valence-electron chi connectivity index (χ1n) is 9.25. The van der Waals surface area contributed by atoms with Crippen LogP contribution in [0.1, 0.15) is 19.3 Å². The van der Waals surface area contributed by atoms with E-state index in [0.29, 0.717) is 24.9 Å². The number of amides is 1. The number of carbonyl (C=O) groups excluding carboxylic acids is 1. The van der Waals surface area contributed by atoms with Crippen LogP contribution in [0.2, 0.25) is 0 Å². The summed E-state index contributed by atoms with van der Waals surface area (Å²) in [5, 5.41) is 2.77. The molecule has 10 nitrogen and oxygen atoms in total. The average Bonchev–Trinajstić information content (AvgIpc) is 3.08. The van der Waals surface area contributed by atoms with E-state index in [4.69, 9.17) is 18.6 Å². The minimum atomic E-state index is -0.326. The molecule has 3 heterocycles. The highest BCUT2D eigenvalue weighted by molar-refractivity contribution is 5.97. The van der Waals surface area contributed by atoms with Gasteiger partial charge in [-0.05, 0) is 19.3 Å². The Labute approximate surface area is 161 Å². The smallest absolute Gasteiger partial charge is 0.401 e. The fourth-order valence-electron chi connectivity index (χ4n) is 4.15. The molecule has 0 spiro atoms. The number of aromatic nitrogens is 3.